The van der Waals surface area contributed by atoms with Gasteiger partial charge in [0.1, 0.15) is 5.75 Å². The number of rotatable bonds is 5. The molecule has 0 aliphatic heterocycles. The zero-order valence-corrected chi connectivity index (χ0v) is 11.5. The van der Waals surface area contributed by atoms with E-state index < -0.39 is 11.9 Å². The maximum atomic E-state index is 11.8. The Morgan fingerprint density at radius 3 is 2.81 bits per heavy atom. The summed E-state index contributed by atoms with van der Waals surface area (Å²) in [5.41, 5.74) is -0.113. The lowest BCUT2D eigenvalue weighted by Crippen LogP contribution is -2.22. The fraction of sp³-hybridized carbons (Fsp3) is 0.0714. The number of carboxylic acids is 1. The molecule has 1 heterocycles. The van der Waals surface area contributed by atoms with Crippen molar-refractivity contribution in [3.05, 3.63) is 53.3 Å². The minimum Gasteiger partial charge on any atom is -0.484 e. The van der Waals surface area contributed by atoms with Crippen molar-refractivity contribution < 1.29 is 19.4 Å². The van der Waals surface area contributed by atoms with E-state index in [9.17, 15) is 9.59 Å². The summed E-state index contributed by atoms with van der Waals surface area (Å²) in [5, 5.41) is 11.9. The highest BCUT2D eigenvalue weighted by Gasteiger charge is 2.13. The van der Waals surface area contributed by atoms with Gasteiger partial charge >= 0.3 is 5.97 Å². The van der Waals surface area contributed by atoms with Gasteiger partial charge in [-0.05, 0) is 30.3 Å². The van der Waals surface area contributed by atoms with Crippen molar-refractivity contribution in [3.8, 4) is 5.75 Å². The summed E-state index contributed by atoms with van der Waals surface area (Å²) in [6, 6.07) is 9.59. The highest BCUT2D eigenvalue weighted by Crippen LogP contribution is 2.17. The molecule has 0 saturated carbocycles. The molecule has 0 spiro atoms. The van der Waals surface area contributed by atoms with E-state index in [0.29, 0.717) is 10.8 Å². The summed E-state index contributed by atoms with van der Waals surface area (Å²) in [4.78, 5) is 26.4. The molecular formula is C14H11ClN2O4. The zero-order chi connectivity index (χ0) is 15.2. The van der Waals surface area contributed by atoms with Crippen molar-refractivity contribution >= 4 is 29.2 Å². The molecule has 0 saturated heterocycles. The fourth-order valence-corrected chi connectivity index (χ4v) is 1.75. The molecule has 0 aliphatic rings. The second-order valence-corrected chi connectivity index (χ2v) is 4.44. The number of halogens is 1. The number of aromatic nitrogens is 1. The third-order valence-corrected chi connectivity index (χ3v) is 2.69. The van der Waals surface area contributed by atoms with Gasteiger partial charge in [0.2, 0.25) is 0 Å². The second kappa shape index (κ2) is 6.71. The second-order valence-electron chi connectivity index (χ2n) is 4.00. The number of carboxylic acid groups (broad SMARTS) is 1. The summed E-state index contributed by atoms with van der Waals surface area (Å²) >= 11 is 5.79. The molecule has 1 amide bonds. The van der Waals surface area contributed by atoms with Crippen molar-refractivity contribution in [1.82, 2.24) is 4.98 Å². The quantitative estimate of drug-likeness (QED) is 0.885. The first kappa shape index (κ1) is 14.8. The molecule has 2 rings (SSSR count). The Morgan fingerprint density at radius 1 is 1.29 bits per heavy atom. The third kappa shape index (κ3) is 4.19. The van der Waals surface area contributed by atoms with Crippen molar-refractivity contribution in [2.45, 2.75) is 0 Å². The molecule has 0 radical (unpaired) electrons. The van der Waals surface area contributed by atoms with Gasteiger partial charge in [-0.25, -0.2) is 9.78 Å². The number of nitrogens with zero attached hydrogens (tertiary/aromatic N) is 1. The number of aromatic carboxylic acids is 1. The molecule has 108 valence electrons. The predicted octanol–water partition coefficient (Wildman–Crippen LogP) is 2.45. The van der Waals surface area contributed by atoms with E-state index in [1.54, 1.807) is 24.3 Å². The first-order valence-electron chi connectivity index (χ1n) is 5.93. The van der Waals surface area contributed by atoms with Gasteiger partial charge in [-0.2, -0.15) is 0 Å². The number of ether oxygens (including phenoxy) is 1. The van der Waals surface area contributed by atoms with Crippen molar-refractivity contribution in [3.63, 3.8) is 0 Å². The standard InChI is InChI=1S/C14H11ClN2O4/c15-9-3-1-4-10(7-9)21-8-12(18)17-11-5-2-6-16-13(11)14(19)20/h1-7H,8H2,(H,17,18)(H,19,20). The van der Waals surface area contributed by atoms with Crippen LogP contribution in [0.25, 0.3) is 0 Å². The SMILES string of the molecule is O=C(COc1cccc(Cl)c1)Nc1cccnc1C(=O)O. The van der Waals surface area contributed by atoms with Crippen LogP contribution in [0, 0.1) is 0 Å². The number of carbonyl (C=O) groups excluding carboxylic acids is 1. The summed E-state index contributed by atoms with van der Waals surface area (Å²) in [6.07, 6.45) is 1.33. The van der Waals surface area contributed by atoms with Crippen LogP contribution in [-0.2, 0) is 4.79 Å². The highest BCUT2D eigenvalue weighted by atomic mass is 35.5. The predicted molar refractivity (Wildman–Crippen MR) is 76.8 cm³/mol. The first-order valence-corrected chi connectivity index (χ1v) is 6.30. The summed E-state index contributed by atoms with van der Waals surface area (Å²) in [5.74, 6) is -1.27. The van der Waals surface area contributed by atoms with E-state index in [2.05, 4.69) is 10.3 Å². The summed E-state index contributed by atoms with van der Waals surface area (Å²) in [7, 11) is 0. The van der Waals surface area contributed by atoms with Crippen LogP contribution in [0.15, 0.2) is 42.6 Å². The normalized spacial score (nSPS) is 9.95. The molecule has 2 N–H and O–H groups in total. The van der Waals surface area contributed by atoms with E-state index in [1.807, 2.05) is 0 Å². The number of pyridine rings is 1. The molecular weight excluding hydrogens is 296 g/mol. The Bertz CT molecular complexity index is 676. The minimum atomic E-state index is -1.22. The maximum Gasteiger partial charge on any atom is 0.356 e. The number of nitrogens with one attached hydrogen (secondary N) is 1. The molecule has 0 atom stereocenters. The minimum absolute atomic E-state index is 0.115. The first-order chi connectivity index (χ1) is 10.1. The van der Waals surface area contributed by atoms with Gasteiger partial charge in [0.25, 0.3) is 5.91 Å². The maximum absolute atomic E-state index is 11.8. The van der Waals surface area contributed by atoms with Gasteiger partial charge in [0.15, 0.2) is 12.3 Å². The fourth-order valence-electron chi connectivity index (χ4n) is 1.57. The van der Waals surface area contributed by atoms with Crippen LogP contribution in [0.1, 0.15) is 10.5 Å². The van der Waals surface area contributed by atoms with Crippen molar-refractivity contribution in [2.24, 2.45) is 0 Å². The average molecular weight is 307 g/mol. The van der Waals surface area contributed by atoms with Crippen LogP contribution >= 0.6 is 11.6 Å². The van der Waals surface area contributed by atoms with Gasteiger partial charge in [0.05, 0.1) is 5.69 Å². The smallest absolute Gasteiger partial charge is 0.356 e. The number of amides is 1. The van der Waals surface area contributed by atoms with Crippen LogP contribution in [0.5, 0.6) is 5.75 Å². The molecule has 0 aliphatic carbocycles. The van der Waals surface area contributed by atoms with Gasteiger partial charge in [-0.1, -0.05) is 17.7 Å². The number of benzene rings is 1. The lowest BCUT2D eigenvalue weighted by Gasteiger charge is -2.09. The molecule has 1 aromatic heterocycles. The Morgan fingerprint density at radius 2 is 2.10 bits per heavy atom. The lowest BCUT2D eigenvalue weighted by molar-refractivity contribution is -0.118. The van der Waals surface area contributed by atoms with Crippen LogP contribution in [0.3, 0.4) is 0 Å². The summed E-state index contributed by atoms with van der Waals surface area (Å²) in [6.45, 7) is -0.270. The van der Waals surface area contributed by atoms with Gasteiger partial charge in [0, 0.05) is 11.2 Å². The molecule has 7 heteroatoms. The van der Waals surface area contributed by atoms with E-state index in [1.165, 1.54) is 18.3 Å². The zero-order valence-electron chi connectivity index (χ0n) is 10.7. The van der Waals surface area contributed by atoms with Crippen molar-refractivity contribution in [2.75, 3.05) is 11.9 Å². The third-order valence-electron chi connectivity index (χ3n) is 2.45. The molecule has 0 fully saturated rings. The van der Waals surface area contributed by atoms with Gasteiger partial charge in [-0.15, -0.1) is 0 Å². The monoisotopic (exact) mass is 306 g/mol. The van der Waals surface area contributed by atoms with Crippen LogP contribution in [0.4, 0.5) is 5.69 Å². The summed E-state index contributed by atoms with van der Waals surface area (Å²) < 4.78 is 5.26. The van der Waals surface area contributed by atoms with E-state index in [-0.39, 0.29) is 18.0 Å². The van der Waals surface area contributed by atoms with Gasteiger partial charge in [-0.3, -0.25) is 4.79 Å². The number of carbonyl (C=O) groups is 2. The highest BCUT2D eigenvalue weighted by molar-refractivity contribution is 6.30. The Labute approximate surface area is 125 Å². The molecule has 0 bridgehead atoms. The van der Waals surface area contributed by atoms with Crippen molar-refractivity contribution in [1.29, 1.82) is 0 Å². The van der Waals surface area contributed by atoms with Crippen LogP contribution in [-0.4, -0.2) is 28.6 Å². The van der Waals surface area contributed by atoms with Gasteiger partial charge < -0.3 is 15.2 Å². The number of anilines is 1. The Hall–Kier alpha value is -2.60. The molecule has 1 aromatic carbocycles. The van der Waals surface area contributed by atoms with E-state index in [0.717, 1.165) is 0 Å². The molecule has 6 nitrogen and oxygen atoms in total. The topological polar surface area (TPSA) is 88.5 Å². The molecule has 21 heavy (non-hydrogen) atoms. The Kier molecular flexibility index (Phi) is 4.73. The van der Waals surface area contributed by atoms with E-state index >= 15 is 0 Å². The Balaban J connectivity index is 1.98. The van der Waals surface area contributed by atoms with E-state index in [4.69, 9.17) is 21.4 Å². The van der Waals surface area contributed by atoms with Crippen LogP contribution in [0.2, 0.25) is 5.02 Å². The largest absolute Gasteiger partial charge is 0.484 e. The number of hydrogen-bond donors (Lipinski definition) is 2. The average Bonchev–Trinajstić information content (AvgIpc) is 2.45. The number of hydrogen-bond acceptors (Lipinski definition) is 4. The molecule has 0 unspecified atom stereocenters. The van der Waals surface area contributed by atoms with Crippen LogP contribution < -0.4 is 10.1 Å². The molecule has 2 aromatic rings. The lowest BCUT2D eigenvalue weighted by atomic mass is 10.3.